The molecule has 0 aliphatic carbocycles. The van der Waals surface area contributed by atoms with Crippen molar-refractivity contribution in [3.05, 3.63) is 30.1 Å². The van der Waals surface area contributed by atoms with Crippen LogP contribution in [0.15, 0.2) is 24.5 Å². The van der Waals surface area contributed by atoms with Gasteiger partial charge in [0.25, 0.3) is 0 Å². The van der Waals surface area contributed by atoms with Crippen LogP contribution in [0.25, 0.3) is 0 Å². The summed E-state index contributed by atoms with van der Waals surface area (Å²) in [7, 11) is 1.80. The van der Waals surface area contributed by atoms with Gasteiger partial charge in [-0.25, -0.2) is 0 Å². The maximum absolute atomic E-state index is 12.4. The highest BCUT2D eigenvalue weighted by atomic mass is 16.2. The molecule has 6 heteroatoms. The summed E-state index contributed by atoms with van der Waals surface area (Å²) >= 11 is 0. The predicted octanol–water partition coefficient (Wildman–Crippen LogP) is 1.03. The van der Waals surface area contributed by atoms with Crippen molar-refractivity contribution in [3.8, 4) is 0 Å². The van der Waals surface area contributed by atoms with Crippen LogP contribution >= 0.6 is 0 Å². The third kappa shape index (κ3) is 3.75. The summed E-state index contributed by atoms with van der Waals surface area (Å²) in [5.74, 6) is 0.380. The third-order valence-electron chi connectivity index (χ3n) is 5.21. The Morgan fingerprint density at radius 2 is 2.08 bits per heavy atom. The zero-order valence-corrected chi connectivity index (χ0v) is 14.3. The van der Waals surface area contributed by atoms with Crippen molar-refractivity contribution in [1.82, 2.24) is 20.1 Å². The molecule has 0 saturated carbocycles. The molecule has 3 heterocycles. The van der Waals surface area contributed by atoms with Gasteiger partial charge in [-0.15, -0.1) is 0 Å². The first kappa shape index (κ1) is 16.9. The molecular formula is C18H26N4O2. The number of rotatable bonds is 4. The van der Waals surface area contributed by atoms with Crippen LogP contribution in [0.4, 0.5) is 0 Å². The molecule has 3 rings (SSSR count). The fourth-order valence-corrected chi connectivity index (χ4v) is 3.97. The average molecular weight is 330 g/mol. The average Bonchev–Trinajstić information content (AvgIpc) is 2.60. The van der Waals surface area contributed by atoms with Gasteiger partial charge in [0.15, 0.2) is 0 Å². The molecule has 0 aromatic carbocycles. The smallest absolute Gasteiger partial charge is 0.236 e. The molecule has 2 aliphatic rings. The van der Waals surface area contributed by atoms with E-state index in [4.69, 9.17) is 0 Å². The van der Waals surface area contributed by atoms with Gasteiger partial charge in [0, 0.05) is 50.4 Å². The highest BCUT2D eigenvalue weighted by molar-refractivity contribution is 5.79. The number of likely N-dealkylation sites (N-methyl/N-ethyl adjacent to an activating group) is 1. The van der Waals surface area contributed by atoms with E-state index >= 15 is 0 Å². The quantitative estimate of drug-likeness (QED) is 0.896. The van der Waals surface area contributed by atoms with Crippen LogP contribution in [0, 0.1) is 5.41 Å². The van der Waals surface area contributed by atoms with Crippen LogP contribution in [0.3, 0.4) is 0 Å². The van der Waals surface area contributed by atoms with Gasteiger partial charge < -0.3 is 15.1 Å². The van der Waals surface area contributed by atoms with Gasteiger partial charge in [-0.1, -0.05) is 0 Å². The first-order valence-corrected chi connectivity index (χ1v) is 8.71. The molecular weight excluding hydrogens is 304 g/mol. The highest BCUT2D eigenvalue weighted by Gasteiger charge is 2.42. The van der Waals surface area contributed by atoms with E-state index < -0.39 is 0 Å². The van der Waals surface area contributed by atoms with Crippen molar-refractivity contribution >= 4 is 11.8 Å². The van der Waals surface area contributed by atoms with E-state index in [-0.39, 0.29) is 17.2 Å². The summed E-state index contributed by atoms with van der Waals surface area (Å²) in [4.78, 5) is 32.6. The fourth-order valence-electron chi connectivity index (χ4n) is 3.97. The van der Waals surface area contributed by atoms with Crippen LogP contribution in [-0.2, 0) is 16.1 Å². The van der Waals surface area contributed by atoms with Crippen molar-refractivity contribution in [2.24, 2.45) is 5.41 Å². The van der Waals surface area contributed by atoms with Gasteiger partial charge in [-0.05, 0) is 44.0 Å². The maximum atomic E-state index is 12.4. The lowest BCUT2D eigenvalue weighted by molar-refractivity contribution is -0.143. The lowest BCUT2D eigenvalue weighted by Gasteiger charge is -2.48. The Bertz CT molecular complexity index is 592. The molecule has 2 saturated heterocycles. The first-order chi connectivity index (χ1) is 11.6. The second kappa shape index (κ2) is 7.30. The molecule has 1 aromatic rings. The Morgan fingerprint density at radius 1 is 1.29 bits per heavy atom. The standard InChI is InChI=1S/C18H26N4O2/c1-19-11-17(24)21-10-2-6-18(13-21)7-3-16(23)22(14-18)12-15-4-8-20-9-5-15/h4-5,8-9,19H,2-3,6-7,10-14H2,1H3/t18-/m1/s1. The van der Waals surface area contributed by atoms with Crippen LogP contribution in [-0.4, -0.2) is 59.8 Å². The van der Waals surface area contributed by atoms with Gasteiger partial charge >= 0.3 is 0 Å². The lowest BCUT2D eigenvalue weighted by atomic mass is 9.73. The molecule has 6 nitrogen and oxygen atoms in total. The van der Waals surface area contributed by atoms with E-state index in [9.17, 15) is 9.59 Å². The zero-order valence-electron chi connectivity index (χ0n) is 14.3. The number of carbonyl (C=O) groups excluding carboxylic acids is 2. The molecule has 130 valence electrons. The topological polar surface area (TPSA) is 65.5 Å². The number of amides is 2. The number of pyridine rings is 1. The third-order valence-corrected chi connectivity index (χ3v) is 5.21. The second-order valence-electron chi connectivity index (χ2n) is 7.05. The number of likely N-dealkylation sites (tertiary alicyclic amines) is 2. The molecule has 1 spiro atoms. The monoisotopic (exact) mass is 330 g/mol. The summed E-state index contributed by atoms with van der Waals surface area (Å²) in [5.41, 5.74) is 1.16. The fraction of sp³-hybridized carbons (Fsp3) is 0.611. The van der Waals surface area contributed by atoms with Gasteiger partial charge in [-0.2, -0.15) is 0 Å². The molecule has 0 unspecified atom stereocenters. The van der Waals surface area contributed by atoms with Crippen LogP contribution in [0.5, 0.6) is 0 Å². The SMILES string of the molecule is CNCC(=O)N1CCC[C@@]2(CCC(=O)N(Cc3ccncc3)C2)C1. The predicted molar refractivity (Wildman–Crippen MR) is 91.1 cm³/mol. The molecule has 24 heavy (non-hydrogen) atoms. The summed E-state index contributed by atoms with van der Waals surface area (Å²) < 4.78 is 0. The van der Waals surface area contributed by atoms with E-state index in [1.54, 1.807) is 19.4 Å². The lowest BCUT2D eigenvalue weighted by Crippen LogP contribution is -2.55. The van der Waals surface area contributed by atoms with Gasteiger partial charge in [0.2, 0.25) is 11.8 Å². The largest absolute Gasteiger partial charge is 0.341 e. The molecule has 1 atom stereocenters. The van der Waals surface area contributed by atoms with Crippen molar-refractivity contribution in [2.45, 2.75) is 32.2 Å². The maximum Gasteiger partial charge on any atom is 0.236 e. The van der Waals surface area contributed by atoms with E-state index in [1.165, 1.54) is 0 Å². The van der Waals surface area contributed by atoms with E-state index in [2.05, 4.69) is 10.3 Å². The molecule has 0 radical (unpaired) electrons. The highest BCUT2D eigenvalue weighted by Crippen LogP contribution is 2.39. The van der Waals surface area contributed by atoms with Gasteiger partial charge in [0.05, 0.1) is 6.54 Å². The number of hydrogen-bond acceptors (Lipinski definition) is 4. The van der Waals surface area contributed by atoms with Gasteiger partial charge in [0.1, 0.15) is 0 Å². The van der Waals surface area contributed by atoms with Crippen molar-refractivity contribution in [2.75, 3.05) is 33.2 Å². The Kier molecular flexibility index (Phi) is 5.14. The minimum Gasteiger partial charge on any atom is -0.341 e. The van der Waals surface area contributed by atoms with Crippen LogP contribution in [0.1, 0.15) is 31.2 Å². The summed E-state index contributed by atoms with van der Waals surface area (Å²) in [5, 5.41) is 2.94. The number of nitrogens with zero attached hydrogens (tertiary/aromatic N) is 3. The Balaban J connectivity index is 1.69. The van der Waals surface area contributed by atoms with Gasteiger partial charge in [-0.3, -0.25) is 14.6 Å². The zero-order chi connectivity index (χ0) is 17.0. The molecule has 2 aliphatic heterocycles. The van der Waals surface area contributed by atoms with Crippen molar-refractivity contribution in [3.63, 3.8) is 0 Å². The van der Waals surface area contributed by atoms with E-state index in [1.807, 2.05) is 21.9 Å². The Labute approximate surface area is 143 Å². The summed E-state index contributed by atoms with van der Waals surface area (Å²) in [6.45, 7) is 3.37. The minimum absolute atomic E-state index is 0.0581. The molecule has 2 fully saturated rings. The molecule has 0 bridgehead atoms. The van der Waals surface area contributed by atoms with Crippen molar-refractivity contribution < 1.29 is 9.59 Å². The van der Waals surface area contributed by atoms with Crippen LogP contribution in [0.2, 0.25) is 0 Å². The first-order valence-electron chi connectivity index (χ1n) is 8.71. The Hall–Kier alpha value is -1.95. The minimum atomic E-state index is 0.0581. The Morgan fingerprint density at radius 3 is 2.83 bits per heavy atom. The number of carbonyl (C=O) groups is 2. The molecule has 2 amide bonds. The molecule has 1 aromatic heterocycles. The number of hydrogen-bond donors (Lipinski definition) is 1. The number of nitrogens with one attached hydrogen (secondary N) is 1. The summed E-state index contributed by atoms with van der Waals surface area (Å²) in [6, 6.07) is 3.91. The van der Waals surface area contributed by atoms with E-state index in [0.717, 1.165) is 44.5 Å². The number of piperidine rings is 2. The van der Waals surface area contributed by atoms with E-state index in [0.29, 0.717) is 19.5 Å². The molecule has 1 N–H and O–H groups in total. The van der Waals surface area contributed by atoms with Crippen molar-refractivity contribution in [1.29, 1.82) is 0 Å². The second-order valence-corrected chi connectivity index (χ2v) is 7.05. The van der Waals surface area contributed by atoms with Crippen LogP contribution < -0.4 is 5.32 Å². The summed E-state index contributed by atoms with van der Waals surface area (Å²) in [6.07, 6.45) is 7.11. The normalized spacial score (nSPS) is 24.5. The number of aromatic nitrogens is 1.